The Labute approximate surface area is 111 Å². The van der Waals surface area contributed by atoms with Crippen molar-refractivity contribution in [3.05, 3.63) is 59.4 Å². The molecule has 0 unspecified atom stereocenters. The van der Waals surface area contributed by atoms with Crippen LogP contribution >= 0.6 is 0 Å². The lowest BCUT2D eigenvalue weighted by Crippen LogP contribution is -2.15. The zero-order chi connectivity index (χ0) is 14.7. The summed E-state index contributed by atoms with van der Waals surface area (Å²) in [6.07, 6.45) is 1.01. The average Bonchev–Trinajstić information content (AvgIpc) is 2.43. The molecule has 1 amide bonds. The second-order valence-corrected chi connectivity index (χ2v) is 3.79. The molecule has 20 heavy (non-hydrogen) atoms. The third kappa shape index (κ3) is 2.77. The second-order valence-electron chi connectivity index (χ2n) is 3.79. The first-order chi connectivity index (χ1) is 9.49. The molecular weight excluding hydrogens is 270 g/mol. The topological polar surface area (TPSA) is 79.3 Å². The van der Waals surface area contributed by atoms with Crippen LogP contribution in [0.1, 0.15) is 20.8 Å². The van der Waals surface area contributed by atoms with Crippen LogP contribution < -0.4 is 5.32 Å². The minimum atomic E-state index is -1.24. The van der Waals surface area contributed by atoms with Crippen molar-refractivity contribution in [2.45, 2.75) is 0 Å². The van der Waals surface area contributed by atoms with E-state index in [4.69, 9.17) is 5.11 Å². The molecule has 2 N–H and O–H groups in total. The van der Waals surface area contributed by atoms with Crippen LogP contribution in [-0.4, -0.2) is 22.0 Å². The van der Waals surface area contributed by atoms with Gasteiger partial charge in [0.05, 0.1) is 5.56 Å². The number of carboxylic acids is 1. The lowest BCUT2D eigenvalue weighted by Gasteiger charge is -2.07. The minimum Gasteiger partial charge on any atom is -0.477 e. The zero-order valence-corrected chi connectivity index (χ0v) is 9.93. The number of aromatic carboxylic acids is 1. The molecule has 2 rings (SSSR count). The Bertz CT molecular complexity index is 652. The lowest BCUT2D eigenvalue weighted by molar-refractivity contribution is 0.0690. The molecule has 2 aromatic rings. The van der Waals surface area contributed by atoms with E-state index in [0.717, 1.165) is 24.4 Å². The molecule has 0 aliphatic rings. The van der Waals surface area contributed by atoms with Gasteiger partial charge in [-0.25, -0.2) is 18.6 Å². The van der Waals surface area contributed by atoms with Gasteiger partial charge >= 0.3 is 5.97 Å². The van der Waals surface area contributed by atoms with Crippen LogP contribution in [-0.2, 0) is 0 Å². The van der Waals surface area contributed by atoms with Crippen molar-refractivity contribution in [2.24, 2.45) is 0 Å². The molecule has 1 heterocycles. The first kappa shape index (κ1) is 13.6. The maximum Gasteiger partial charge on any atom is 0.354 e. The summed E-state index contributed by atoms with van der Waals surface area (Å²) in [7, 11) is 0. The fourth-order valence-corrected chi connectivity index (χ4v) is 1.46. The van der Waals surface area contributed by atoms with Gasteiger partial charge in [0.1, 0.15) is 23.0 Å². The van der Waals surface area contributed by atoms with E-state index in [1.807, 2.05) is 0 Å². The van der Waals surface area contributed by atoms with E-state index in [1.165, 1.54) is 12.1 Å². The molecule has 102 valence electrons. The van der Waals surface area contributed by atoms with Crippen LogP contribution in [0.25, 0.3) is 0 Å². The van der Waals surface area contributed by atoms with Gasteiger partial charge in [0.15, 0.2) is 0 Å². The number of nitrogens with zero attached hydrogens (tertiary/aromatic N) is 1. The molecule has 0 spiro atoms. The summed E-state index contributed by atoms with van der Waals surface area (Å²) in [5, 5.41) is 10.7. The smallest absolute Gasteiger partial charge is 0.354 e. The number of nitrogens with one attached hydrogen (secondary N) is 1. The number of carbonyl (C=O) groups excluding carboxylic acids is 1. The Hall–Kier alpha value is -2.83. The van der Waals surface area contributed by atoms with E-state index >= 15 is 0 Å². The molecule has 0 saturated heterocycles. The summed E-state index contributed by atoms with van der Waals surface area (Å²) in [5.74, 6) is -3.85. The van der Waals surface area contributed by atoms with Crippen LogP contribution in [0.4, 0.5) is 14.5 Å². The van der Waals surface area contributed by atoms with Gasteiger partial charge in [-0.1, -0.05) is 6.07 Å². The summed E-state index contributed by atoms with van der Waals surface area (Å²) < 4.78 is 26.7. The number of rotatable bonds is 3. The SMILES string of the molecule is O=C(Nc1c(F)cccc1F)c1ccc(C(=O)O)nc1. The van der Waals surface area contributed by atoms with Gasteiger partial charge < -0.3 is 10.4 Å². The molecule has 0 radical (unpaired) electrons. The van der Waals surface area contributed by atoms with Gasteiger partial charge in [0, 0.05) is 6.20 Å². The predicted octanol–water partition coefficient (Wildman–Crippen LogP) is 2.31. The Balaban J connectivity index is 2.22. The lowest BCUT2D eigenvalue weighted by atomic mass is 10.2. The highest BCUT2D eigenvalue weighted by Gasteiger charge is 2.14. The van der Waals surface area contributed by atoms with E-state index in [-0.39, 0.29) is 11.3 Å². The van der Waals surface area contributed by atoms with Crippen LogP contribution in [0.3, 0.4) is 0 Å². The van der Waals surface area contributed by atoms with Gasteiger partial charge in [-0.15, -0.1) is 0 Å². The molecule has 7 heteroatoms. The first-order valence-corrected chi connectivity index (χ1v) is 5.44. The Morgan fingerprint density at radius 1 is 1.10 bits per heavy atom. The van der Waals surface area contributed by atoms with Crippen molar-refractivity contribution >= 4 is 17.6 Å². The summed E-state index contributed by atoms with van der Waals surface area (Å²) in [5.41, 5.74) is -0.823. The van der Waals surface area contributed by atoms with Crippen molar-refractivity contribution < 1.29 is 23.5 Å². The molecular formula is C13H8F2N2O3. The van der Waals surface area contributed by atoms with Crippen molar-refractivity contribution in [1.82, 2.24) is 4.98 Å². The highest BCUT2D eigenvalue weighted by molar-refractivity contribution is 6.04. The average molecular weight is 278 g/mol. The van der Waals surface area contributed by atoms with E-state index < -0.39 is 29.2 Å². The zero-order valence-electron chi connectivity index (χ0n) is 9.93. The highest BCUT2D eigenvalue weighted by atomic mass is 19.1. The third-order valence-corrected chi connectivity index (χ3v) is 2.45. The minimum absolute atomic E-state index is 0.0161. The van der Waals surface area contributed by atoms with Gasteiger partial charge in [-0.2, -0.15) is 0 Å². The fourth-order valence-electron chi connectivity index (χ4n) is 1.46. The van der Waals surface area contributed by atoms with E-state index in [9.17, 15) is 18.4 Å². The van der Waals surface area contributed by atoms with Gasteiger partial charge in [0.2, 0.25) is 0 Å². The molecule has 0 aliphatic heterocycles. The molecule has 0 atom stereocenters. The van der Waals surface area contributed by atoms with Crippen LogP contribution in [0.5, 0.6) is 0 Å². The van der Waals surface area contributed by atoms with E-state index in [0.29, 0.717) is 0 Å². The third-order valence-electron chi connectivity index (χ3n) is 2.45. The molecule has 5 nitrogen and oxygen atoms in total. The molecule has 0 bridgehead atoms. The Kier molecular flexibility index (Phi) is 3.69. The van der Waals surface area contributed by atoms with Crippen LogP contribution in [0.2, 0.25) is 0 Å². The quantitative estimate of drug-likeness (QED) is 0.903. The normalized spacial score (nSPS) is 10.1. The Morgan fingerprint density at radius 2 is 1.75 bits per heavy atom. The summed E-state index contributed by atoms with van der Waals surface area (Å²) in [4.78, 5) is 25.9. The van der Waals surface area contributed by atoms with Crippen LogP contribution in [0, 0.1) is 11.6 Å². The van der Waals surface area contributed by atoms with Crippen molar-refractivity contribution in [3.8, 4) is 0 Å². The monoisotopic (exact) mass is 278 g/mol. The number of para-hydroxylation sites is 1. The largest absolute Gasteiger partial charge is 0.477 e. The summed E-state index contributed by atoms with van der Waals surface area (Å²) in [6.45, 7) is 0. The van der Waals surface area contributed by atoms with E-state index in [1.54, 1.807) is 0 Å². The highest BCUT2D eigenvalue weighted by Crippen LogP contribution is 2.18. The molecule has 0 saturated carbocycles. The van der Waals surface area contributed by atoms with Gasteiger partial charge in [-0.05, 0) is 24.3 Å². The number of benzene rings is 1. The summed E-state index contributed by atoms with van der Waals surface area (Å²) >= 11 is 0. The number of carbonyl (C=O) groups is 2. The van der Waals surface area contributed by atoms with Crippen molar-refractivity contribution in [1.29, 1.82) is 0 Å². The number of halogens is 2. The first-order valence-electron chi connectivity index (χ1n) is 5.44. The van der Waals surface area contributed by atoms with Gasteiger partial charge in [-0.3, -0.25) is 4.79 Å². The Morgan fingerprint density at radius 3 is 2.25 bits per heavy atom. The maximum absolute atomic E-state index is 13.3. The number of hydrogen-bond donors (Lipinski definition) is 2. The molecule has 1 aromatic carbocycles. The number of aromatic nitrogens is 1. The number of hydrogen-bond acceptors (Lipinski definition) is 3. The second kappa shape index (κ2) is 5.43. The number of carboxylic acid groups (broad SMARTS) is 1. The molecule has 0 fully saturated rings. The molecule has 1 aromatic heterocycles. The number of amides is 1. The van der Waals surface area contributed by atoms with Gasteiger partial charge in [0.25, 0.3) is 5.91 Å². The fraction of sp³-hybridized carbons (Fsp3) is 0. The standard InChI is InChI=1S/C13H8F2N2O3/c14-8-2-1-3-9(15)11(8)17-12(18)7-4-5-10(13(19)20)16-6-7/h1-6H,(H,17,18)(H,19,20). The van der Waals surface area contributed by atoms with Crippen LogP contribution in [0.15, 0.2) is 36.5 Å². The summed E-state index contributed by atoms with van der Waals surface area (Å²) in [6, 6.07) is 5.50. The predicted molar refractivity (Wildman–Crippen MR) is 65.5 cm³/mol. The molecule has 0 aliphatic carbocycles. The number of anilines is 1. The number of pyridine rings is 1. The maximum atomic E-state index is 13.3. The van der Waals surface area contributed by atoms with E-state index in [2.05, 4.69) is 10.3 Å². The van der Waals surface area contributed by atoms with Crippen molar-refractivity contribution in [2.75, 3.05) is 5.32 Å². The van der Waals surface area contributed by atoms with Crippen molar-refractivity contribution in [3.63, 3.8) is 0 Å².